The van der Waals surface area contributed by atoms with E-state index in [0.29, 0.717) is 18.3 Å². The molecule has 2 atom stereocenters. The van der Waals surface area contributed by atoms with E-state index < -0.39 is 0 Å². The van der Waals surface area contributed by atoms with Gasteiger partial charge in [-0.15, -0.1) is 0 Å². The Balaban J connectivity index is 1.64. The zero-order valence-corrected chi connectivity index (χ0v) is 12.2. The molecule has 0 aromatic heterocycles. The predicted octanol–water partition coefficient (Wildman–Crippen LogP) is 2.27. The van der Waals surface area contributed by atoms with Gasteiger partial charge < -0.3 is 9.47 Å². The monoisotopic (exact) mass is 281 g/mol. The van der Waals surface area contributed by atoms with Gasteiger partial charge in [0.15, 0.2) is 0 Å². The van der Waals surface area contributed by atoms with Gasteiger partial charge in [0.05, 0.1) is 11.8 Å². The van der Waals surface area contributed by atoms with Crippen LogP contribution in [0.3, 0.4) is 0 Å². The summed E-state index contributed by atoms with van der Waals surface area (Å²) in [7, 11) is 0.265. The lowest BCUT2D eigenvalue weighted by atomic mass is 10.2. The highest BCUT2D eigenvalue weighted by atomic mass is 32.2. The quantitative estimate of drug-likeness (QED) is 0.593. The summed E-state index contributed by atoms with van der Waals surface area (Å²) in [5.41, 5.74) is 0.623. The van der Waals surface area contributed by atoms with E-state index in [1.165, 1.54) is 12.8 Å². The molecule has 1 heterocycles. The van der Waals surface area contributed by atoms with Crippen LogP contribution in [0, 0.1) is 0 Å². The van der Waals surface area contributed by atoms with Crippen LogP contribution in [0.2, 0.25) is 0 Å². The number of carbonyl (C=O) groups excluding carboxylic acids is 1. The van der Waals surface area contributed by atoms with Gasteiger partial charge in [-0.3, -0.25) is 0 Å². The first kappa shape index (κ1) is 14.4. The molecule has 104 valence electrons. The van der Waals surface area contributed by atoms with Crippen molar-refractivity contribution >= 4 is 16.9 Å². The number of hydrogen-bond acceptors (Lipinski definition) is 3. The largest absolute Gasteiger partial charge is 0.457 e. The maximum atomic E-state index is 11.7. The molecule has 19 heavy (non-hydrogen) atoms. The molecule has 2 rings (SSSR count). The second-order valence-corrected chi connectivity index (χ2v) is 7.09. The van der Waals surface area contributed by atoms with Crippen molar-refractivity contribution in [1.82, 2.24) is 0 Å². The molecule has 4 heteroatoms. The molecule has 0 bridgehead atoms. The fourth-order valence-corrected chi connectivity index (χ4v) is 3.54. The highest BCUT2D eigenvalue weighted by Gasteiger charge is 2.24. The Morgan fingerprint density at radius 2 is 2.21 bits per heavy atom. The van der Waals surface area contributed by atoms with Gasteiger partial charge in [0.25, 0.3) is 0 Å². The van der Waals surface area contributed by atoms with Gasteiger partial charge in [0, 0.05) is 6.61 Å². The van der Waals surface area contributed by atoms with Gasteiger partial charge in [0.2, 0.25) is 0 Å². The van der Waals surface area contributed by atoms with E-state index in [0.717, 1.165) is 18.1 Å². The number of benzene rings is 1. The summed E-state index contributed by atoms with van der Waals surface area (Å²) in [6.07, 6.45) is 5.02. The summed E-state index contributed by atoms with van der Waals surface area (Å²) in [4.78, 5) is 11.7. The highest BCUT2D eigenvalue weighted by Crippen LogP contribution is 2.14. The van der Waals surface area contributed by atoms with E-state index in [4.69, 9.17) is 9.47 Å². The van der Waals surface area contributed by atoms with Gasteiger partial charge in [0.1, 0.15) is 24.2 Å². The van der Waals surface area contributed by atoms with Crippen LogP contribution in [-0.4, -0.2) is 43.0 Å². The van der Waals surface area contributed by atoms with Gasteiger partial charge in [-0.2, -0.15) is 0 Å². The third-order valence-electron chi connectivity index (χ3n) is 3.17. The number of hydrogen-bond donors (Lipinski definition) is 0. The Morgan fingerprint density at radius 1 is 1.42 bits per heavy atom. The van der Waals surface area contributed by atoms with E-state index in [-0.39, 0.29) is 16.9 Å². The van der Waals surface area contributed by atoms with Crippen LogP contribution in [0.4, 0.5) is 0 Å². The van der Waals surface area contributed by atoms with Crippen molar-refractivity contribution in [3.05, 3.63) is 35.9 Å². The Hall–Kier alpha value is -1.00. The van der Waals surface area contributed by atoms with Crippen molar-refractivity contribution < 1.29 is 14.3 Å². The topological polar surface area (TPSA) is 35.5 Å². The highest BCUT2D eigenvalue weighted by molar-refractivity contribution is 7.96. The Morgan fingerprint density at radius 3 is 2.89 bits per heavy atom. The molecular weight excluding hydrogens is 260 g/mol. The maximum Gasteiger partial charge on any atom is 0.338 e. The van der Waals surface area contributed by atoms with E-state index in [1.807, 2.05) is 18.2 Å². The first-order valence-corrected chi connectivity index (χ1v) is 8.66. The average Bonchev–Trinajstić information content (AvgIpc) is 2.92. The minimum atomic E-state index is -0.227. The van der Waals surface area contributed by atoms with Gasteiger partial charge in [-0.25, -0.2) is 4.79 Å². The summed E-state index contributed by atoms with van der Waals surface area (Å²) in [6, 6.07) is 9.14. The molecule has 1 aliphatic rings. The number of rotatable bonds is 6. The zero-order valence-electron chi connectivity index (χ0n) is 11.3. The SMILES string of the molecule is C[S+](CCOC(=O)c1ccccc1)CC1CCCO1. The lowest BCUT2D eigenvalue weighted by Crippen LogP contribution is -2.24. The van der Waals surface area contributed by atoms with Crippen LogP contribution in [-0.2, 0) is 20.4 Å². The normalized spacial score (nSPS) is 20.2. The van der Waals surface area contributed by atoms with Gasteiger partial charge in [-0.1, -0.05) is 18.2 Å². The van der Waals surface area contributed by atoms with Gasteiger partial charge >= 0.3 is 5.97 Å². The molecule has 0 amide bonds. The molecule has 1 saturated heterocycles. The van der Waals surface area contributed by atoms with Crippen LogP contribution < -0.4 is 0 Å². The second kappa shape index (κ2) is 7.56. The zero-order chi connectivity index (χ0) is 13.5. The molecule has 1 aromatic carbocycles. The standard InChI is InChI=1S/C15H21O3S/c1-19(12-14-8-5-9-17-14)11-10-18-15(16)13-6-3-2-4-7-13/h2-4,6-7,14H,5,8-12H2,1H3/q+1. The molecule has 2 unspecified atom stereocenters. The van der Waals surface area contributed by atoms with Crippen molar-refractivity contribution in [2.24, 2.45) is 0 Å². The molecular formula is C15H21O3S+. The van der Waals surface area contributed by atoms with Crippen molar-refractivity contribution in [2.75, 3.05) is 31.0 Å². The van der Waals surface area contributed by atoms with Crippen molar-refractivity contribution in [3.63, 3.8) is 0 Å². The van der Waals surface area contributed by atoms with Gasteiger partial charge in [-0.05, 0) is 35.9 Å². The summed E-state index contributed by atoms with van der Waals surface area (Å²) in [6.45, 7) is 1.41. The van der Waals surface area contributed by atoms with E-state index in [1.54, 1.807) is 12.1 Å². The van der Waals surface area contributed by atoms with Crippen LogP contribution >= 0.6 is 0 Å². The summed E-state index contributed by atoms with van der Waals surface area (Å²) in [5.74, 6) is 1.80. The fraction of sp³-hybridized carbons (Fsp3) is 0.533. The predicted molar refractivity (Wildman–Crippen MR) is 78.7 cm³/mol. The van der Waals surface area contributed by atoms with E-state index >= 15 is 0 Å². The summed E-state index contributed by atoms with van der Waals surface area (Å²) in [5, 5.41) is 0. The Kier molecular flexibility index (Phi) is 5.73. The van der Waals surface area contributed by atoms with E-state index in [9.17, 15) is 4.79 Å². The summed E-state index contributed by atoms with van der Waals surface area (Å²) >= 11 is 0. The summed E-state index contributed by atoms with van der Waals surface area (Å²) < 4.78 is 10.9. The molecule has 3 nitrogen and oxygen atoms in total. The third-order valence-corrected chi connectivity index (χ3v) is 4.97. The number of ether oxygens (including phenoxy) is 2. The molecule has 0 N–H and O–H groups in total. The van der Waals surface area contributed by atoms with Crippen molar-refractivity contribution in [1.29, 1.82) is 0 Å². The third kappa shape index (κ3) is 4.88. The first-order valence-electron chi connectivity index (χ1n) is 6.68. The Labute approximate surface area is 117 Å². The molecule has 0 saturated carbocycles. The number of esters is 1. The lowest BCUT2D eigenvalue weighted by molar-refractivity contribution is 0.0530. The molecule has 1 fully saturated rings. The average molecular weight is 281 g/mol. The molecule has 0 radical (unpaired) electrons. The lowest BCUT2D eigenvalue weighted by Gasteiger charge is -2.09. The molecule has 0 spiro atoms. The first-order chi connectivity index (χ1) is 9.25. The number of carbonyl (C=O) groups is 1. The van der Waals surface area contributed by atoms with Crippen molar-refractivity contribution in [2.45, 2.75) is 18.9 Å². The minimum Gasteiger partial charge on any atom is -0.457 e. The molecule has 1 aliphatic heterocycles. The maximum absolute atomic E-state index is 11.7. The molecule has 0 aliphatic carbocycles. The second-order valence-electron chi connectivity index (χ2n) is 4.79. The molecule has 1 aromatic rings. The van der Waals surface area contributed by atoms with Crippen LogP contribution in [0.1, 0.15) is 23.2 Å². The van der Waals surface area contributed by atoms with Crippen LogP contribution in [0.25, 0.3) is 0 Å². The van der Waals surface area contributed by atoms with Crippen LogP contribution in [0.15, 0.2) is 30.3 Å². The van der Waals surface area contributed by atoms with Crippen LogP contribution in [0.5, 0.6) is 0 Å². The smallest absolute Gasteiger partial charge is 0.338 e. The Bertz CT molecular complexity index is 388. The van der Waals surface area contributed by atoms with E-state index in [2.05, 4.69) is 6.26 Å². The minimum absolute atomic E-state index is 0.227. The van der Waals surface area contributed by atoms with Crippen molar-refractivity contribution in [3.8, 4) is 0 Å². The fourth-order valence-electron chi connectivity index (χ4n) is 2.11.